The molecule has 2 nitrogen and oxygen atoms in total. The molecule has 0 bridgehead atoms. The quantitative estimate of drug-likeness (QED) is 0.659. The van der Waals surface area contributed by atoms with E-state index in [0.29, 0.717) is 17.8 Å². The van der Waals surface area contributed by atoms with Gasteiger partial charge in [-0.2, -0.15) is 0 Å². The van der Waals surface area contributed by atoms with E-state index < -0.39 is 5.43 Å². The van der Waals surface area contributed by atoms with Crippen LogP contribution in [0.15, 0.2) is 0 Å². The van der Waals surface area contributed by atoms with Crippen molar-refractivity contribution < 1.29 is 9.53 Å². The lowest BCUT2D eigenvalue weighted by atomic mass is 9.75. The highest BCUT2D eigenvalue weighted by Gasteiger charge is 2.32. The predicted octanol–water partition coefficient (Wildman–Crippen LogP) is 3.82. The summed E-state index contributed by atoms with van der Waals surface area (Å²) in [5.41, 5.74) is -0.658. The minimum absolute atomic E-state index is 0.0312. The molecule has 0 N–H and O–H groups in total. The number of halogens is 1. The Morgan fingerprint density at radius 2 is 2.07 bits per heavy atom. The summed E-state index contributed by atoms with van der Waals surface area (Å²) in [5.74, 6) is 1.68. The Labute approximate surface area is 91.0 Å². The Kier molecular flexibility index (Phi) is 4.24. The Morgan fingerprint density at radius 1 is 1.43 bits per heavy atom. The molecule has 0 saturated heterocycles. The minimum atomic E-state index is -0.658. The first kappa shape index (κ1) is 11.8. The van der Waals surface area contributed by atoms with E-state index in [0.717, 1.165) is 12.8 Å². The first-order valence-electron chi connectivity index (χ1n) is 5.36. The smallest absolute Gasteiger partial charge is 0.404 e. The summed E-state index contributed by atoms with van der Waals surface area (Å²) in [6.45, 7) is 6.55. The average molecular weight is 219 g/mol. The molecule has 0 aromatic rings. The van der Waals surface area contributed by atoms with Crippen LogP contribution < -0.4 is 0 Å². The van der Waals surface area contributed by atoms with Crippen molar-refractivity contribution in [1.82, 2.24) is 0 Å². The van der Waals surface area contributed by atoms with Crippen molar-refractivity contribution in [3.05, 3.63) is 0 Å². The summed E-state index contributed by atoms with van der Waals surface area (Å²) in [5, 5.41) is 0. The Morgan fingerprint density at radius 3 is 2.57 bits per heavy atom. The van der Waals surface area contributed by atoms with E-state index in [2.05, 4.69) is 20.8 Å². The third kappa shape index (κ3) is 3.16. The van der Waals surface area contributed by atoms with Crippen LogP contribution in [0.5, 0.6) is 0 Å². The molecule has 3 atom stereocenters. The van der Waals surface area contributed by atoms with Crippen LogP contribution in [0.3, 0.4) is 0 Å². The van der Waals surface area contributed by atoms with E-state index in [1.807, 2.05) is 0 Å². The summed E-state index contributed by atoms with van der Waals surface area (Å²) in [7, 11) is 0. The van der Waals surface area contributed by atoms with Crippen LogP contribution in [0.25, 0.3) is 0 Å². The molecule has 1 aliphatic rings. The van der Waals surface area contributed by atoms with Gasteiger partial charge in [0.2, 0.25) is 0 Å². The lowest BCUT2D eigenvalue weighted by Crippen LogP contribution is -2.34. The largest absolute Gasteiger partial charge is 0.450 e. The van der Waals surface area contributed by atoms with E-state index >= 15 is 0 Å². The van der Waals surface area contributed by atoms with Crippen LogP contribution in [0.4, 0.5) is 4.79 Å². The molecular weight excluding hydrogens is 200 g/mol. The van der Waals surface area contributed by atoms with E-state index in [9.17, 15) is 4.79 Å². The second-order valence-electron chi connectivity index (χ2n) is 4.72. The zero-order valence-corrected chi connectivity index (χ0v) is 9.88. The summed E-state index contributed by atoms with van der Waals surface area (Å²) >= 11 is 5.27. The number of carbonyl (C=O) groups is 1. The van der Waals surface area contributed by atoms with Crippen molar-refractivity contribution in [3.63, 3.8) is 0 Å². The van der Waals surface area contributed by atoms with Crippen LogP contribution >= 0.6 is 11.6 Å². The summed E-state index contributed by atoms with van der Waals surface area (Å²) in [4.78, 5) is 10.7. The topological polar surface area (TPSA) is 26.3 Å². The molecule has 0 radical (unpaired) electrons. The zero-order valence-electron chi connectivity index (χ0n) is 9.13. The zero-order chi connectivity index (χ0) is 10.7. The highest BCUT2D eigenvalue weighted by Crippen LogP contribution is 2.35. The molecule has 0 unspecified atom stereocenters. The van der Waals surface area contributed by atoms with Crippen molar-refractivity contribution in [1.29, 1.82) is 0 Å². The second kappa shape index (κ2) is 5.01. The third-order valence-corrected chi connectivity index (χ3v) is 3.29. The molecule has 1 aliphatic carbocycles. The van der Waals surface area contributed by atoms with Gasteiger partial charge in [-0.3, -0.25) is 0 Å². The normalized spacial score (nSPS) is 33.1. The summed E-state index contributed by atoms with van der Waals surface area (Å²) in [6.07, 6.45) is 3.37. The Balaban J connectivity index is 2.58. The van der Waals surface area contributed by atoms with Crippen LogP contribution in [0.1, 0.15) is 40.0 Å². The summed E-state index contributed by atoms with van der Waals surface area (Å²) < 4.78 is 5.16. The lowest BCUT2D eigenvalue weighted by molar-refractivity contribution is 0.0179. The maximum absolute atomic E-state index is 10.7. The fraction of sp³-hybridized carbons (Fsp3) is 0.909. The van der Waals surface area contributed by atoms with Crippen LogP contribution in [0, 0.1) is 17.8 Å². The van der Waals surface area contributed by atoms with Gasteiger partial charge in [0, 0.05) is 11.6 Å². The molecular formula is C11H19ClO2. The number of ether oxygens (including phenoxy) is 1. The highest BCUT2D eigenvalue weighted by atomic mass is 35.5. The number of rotatable bonds is 2. The van der Waals surface area contributed by atoms with Crippen molar-refractivity contribution in [2.45, 2.75) is 46.1 Å². The molecule has 14 heavy (non-hydrogen) atoms. The van der Waals surface area contributed by atoms with Gasteiger partial charge in [0.1, 0.15) is 6.10 Å². The number of hydrogen-bond acceptors (Lipinski definition) is 2. The lowest BCUT2D eigenvalue weighted by Gasteiger charge is -2.36. The predicted molar refractivity (Wildman–Crippen MR) is 57.5 cm³/mol. The van der Waals surface area contributed by atoms with Crippen molar-refractivity contribution in [2.24, 2.45) is 17.8 Å². The third-order valence-electron chi connectivity index (χ3n) is 3.21. The first-order valence-corrected chi connectivity index (χ1v) is 5.74. The van der Waals surface area contributed by atoms with Crippen molar-refractivity contribution in [2.75, 3.05) is 0 Å². The van der Waals surface area contributed by atoms with Gasteiger partial charge in [0.25, 0.3) is 0 Å². The van der Waals surface area contributed by atoms with Gasteiger partial charge in [-0.15, -0.1) is 0 Å². The van der Waals surface area contributed by atoms with Gasteiger partial charge >= 0.3 is 5.43 Å². The molecule has 1 fully saturated rings. The molecule has 0 aromatic carbocycles. The Hall–Kier alpha value is -0.240. The highest BCUT2D eigenvalue weighted by molar-refractivity contribution is 6.61. The van der Waals surface area contributed by atoms with E-state index in [-0.39, 0.29) is 6.10 Å². The molecule has 0 aliphatic heterocycles. The first-order chi connectivity index (χ1) is 6.50. The molecule has 0 heterocycles. The van der Waals surface area contributed by atoms with E-state index in [1.54, 1.807) is 0 Å². The van der Waals surface area contributed by atoms with Crippen LogP contribution in [0.2, 0.25) is 0 Å². The Bertz CT molecular complexity index is 203. The molecule has 0 aromatic heterocycles. The maximum Gasteiger partial charge on any atom is 0.404 e. The maximum atomic E-state index is 10.7. The van der Waals surface area contributed by atoms with Crippen molar-refractivity contribution in [3.8, 4) is 0 Å². The fourth-order valence-corrected chi connectivity index (χ4v) is 2.48. The van der Waals surface area contributed by atoms with Crippen LogP contribution in [-0.2, 0) is 4.74 Å². The van der Waals surface area contributed by atoms with Gasteiger partial charge in [-0.05, 0) is 30.6 Å². The van der Waals surface area contributed by atoms with Crippen LogP contribution in [-0.4, -0.2) is 11.5 Å². The summed E-state index contributed by atoms with van der Waals surface area (Å²) in [6, 6.07) is 0. The molecule has 0 spiro atoms. The number of hydrogen-bond donors (Lipinski definition) is 0. The SMILES string of the molecule is CC(C)[C@H]1CC[C@@H](C)C[C@H]1OC(=O)Cl. The minimum Gasteiger partial charge on any atom is -0.450 e. The molecule has 1 rings (SSSR count). The monoisotopic (exact) mass is 218 g/mol. The average Bonchev–Trinajstić information content (AvgIpc) is 2.01. The molecule has 1 saturated carbocycles. The van der Waals surface area contributed by atoms with Gasteiger partial charge in [0.05, 0.1) is 0 Å². The van der Waals surface area contributed by atoms with Gasteiger partial charge < -0.3 is 4.74 Å². The molecule has 82 valence electrons. The van der Waals surface area contributed by atoms with Gasteiger partial charge in [-0.25, -0.2) is 4.79 Å². The second-order valence-corrected chi connectivity index (χ2v) is 5.03. The van der Waals surface area contributed by atoms with E-state index in [4.69, 9.17) is 16.3 Å². The standard InChI is InChI=1S/C11H19ClO2/c1-7(2)9-5-4-8(3)6-10(9)14-11(12)13/h7-10H,4-6H2,1-3H3/t8-,9-,10-/m1/s1. The van der Waals surface area contributed by atoms with Gasteiger partial charge in [0.15, 0.2) is 0 Å². The van der Waals surface area contributed by atoms with E-state index in [1.165, 1.54) is 6.42 Å². The molecule has 3 heteroatoms. The van der Waals surface area contributed by atoms with Gasteiger partial charge in [-0.1, -0.05) is 27.2 Å². The number of carbonyl (C=O) groups excluding carboxylic acids is 1. The molecule has 0 amide bonds. The fourth-order valence-electron chi connectivity index (χ4n) is 2.37. The van der Waals surface area contributed by atoms with Crippen molar-refractivity contribution >= 4 is 17.0 Å².